The number of hydrogen-bond acceptors (Lipinski definition) is 3. The van der Waals surface area contributed by atoms with Gasteiger partial charge in [-0.25, -0.2) is 0 Å². The van der Waals surface area contributed by atoms with Crippen molar-refractivity contribution < 1.29 is 0 Å². The summed E-state index contributed by atoms with van der Waals surface area (Å²) in [5.74, 6) is 0.571. The highest BCUT2D eigenvalue weighted by atomic mass is 32.1. The summed E-state index contributed by atoms with van der Waals surface area (Å²) in [6.45, 7) is 3.98. The van der Waals surface area contributed by atoms with Gasteiger partial charge in [-0.2, -0.15) is 5.10 Å². The maximum Gasteiger partial charge on any atom is 0.195 e. The van der Waals surface area contributed by atoms with Gasteiger partial charge in [-0.05, 0) is 26.1 Å². The Morgan fingerprint density at radius 1 is 1.50 bits per heavy atom. The summed E-state index contributed by atoms with van der Waals surface area (Å²) in [4.78, 5) is 14.6. The molecule has 0 aromatic carbocycles. The number of H-pyrrole nitrogens is 2. The van der Waals surface area contributed by atoms with Crippen molar-refractivity contribution in [3.63, 3.8) is 0 Å². The number of rotatable bonds is 2. The molecule has 5 nitrogen and oxygen atoms in total. The van der Waals surface area contributed by atoms with Crippen LogP contribution in [0.4, 0.5) is 0 Å². The second-order valence-electron chi connectivity index (χ2n) is 3.74. The number of nitrogens with zero attached hydrogens (tertiary/aromatic N) is 2. The molecule has 0 aliphatic heterocycles. The Bertz CT molecular complexity index is 608. The fourth-order valence-electron chi connectivity index (χ4n) is 1.56. The summed E-state index contributed by atoms with van der Waals surface area (Å²) >= 11 is 5.13. The van der Waals surface area contributed by atoms with E-state index >= 15 is 0 Å². The molecule has 6 heteroatoms. The molecule has 0 aliphatic rings. The van der Waals surface area contributed by atoms with Gasteiger partial charge in [0.1, 0.15) is 0 Å². The van der Waals surface area contributed by atoms with Crippen molar-refractivity contribution >= 4 is 12.2 Å². The van der Waals surface area contributed by atoms with Crippen molar-refractivity contribution in [3.05, 3.63) is 33.5 Å². The first kappa shape index (κ1) is 10.8. The molecule has 0 bridgehead atoms. The summed E-state index contributed by atoms with van der Waals surface area (Å²) in [5, 5.41) is 6.80. The first-order valence-electron chi connectivity index (χ1n) is 4.95. The van der Waals surface area contributed by atoms with E-state index in [4.69, 9.17) is 12.2 Å². The van der Waals surface area contributed by atoms with Crippen molar-refractivity contribution in [1.29, 1.82) is 0 Å². The van der Waals surface area contributed by atoms with Crippen molar-refractivity contribution in [2.75, 3.05) is 0 Å². The molecule has 0 spiro atoms. The zero-order valence-electron chi connectivity index (χ0n) is 9.02. The van der Waals surface area contributed by atoms with Crippen molar-refractivity contribution in [2.45, 2.75) is 19.9 Å². The van der Waals surface area contributed by atoms with Crippen LogP contribution in [-0.2, 0) is 0 Å². The molecular weight excluding hydrogens is 224 g/mol. The lowest BCUT2D eigenvalue weighted by atomic mass is 10.2. The predicted octanol–water partition coefficient (Wildman–Crippen LogP) is 1.88. The minimum atomic E-state index is -0.0744. The average molecular weight is 236 g/mol. The topological polar surface area (TPSA) is 66.5 Å². The average Bonchev–Trinajstić information content (AvgIpc) is 2.61. The Balaban J connectivity index is 2.71. The molecule has 16 heavy (non-hydrogen) atoms. The molecule has 0 unspecified atom stereocenters. The summed E-state index contributed by atoms with van der Waals surface area (Å²) in [7, 11) is 0. The third kappa shape index (κ3) is 1.71. The molecule has 2 aromatic heterocycles. The summed E-state index contributed by atoms with van der Waals surface area (Å²) < 4.78 is 2.34. The maximum atomic E-state index is 11.7. The molecule has 0 amide bonds. The summed E-state index contributed by atoms with van der Waals surface area (Å²) in [5.41, 5.74) is 0.443. The van der Waals surface area contributed by atoms with Gasteiger partial charge in [-0.3, -0.25) is 14.5 Å². The van der Waals surface area contributed by atoms with Crippen molar-refractivity contribution in [2.24, 2.45) is 0 Å². The van der Waals surface area contributed by atoms with E-state index in [0.717, 1.165) is 0 Å². The molecule has 84 valence electrons. The van der Waals surface area contributed by atoms with E-state index in [-0.39, 0.29) is 11.5 Å². The molecule has 0 aliphatic carbocycles. The summed E-state index contributed by atoms with van der Waals surface area (Å²) in [6, 6.07) is 1.62. The molecule has 0 atom stereocenters. The van der Waals surface area contributed by atoms with Gasteiger partial charge in [0.25, 0.3) is 0 Å². The van der Waals surface area contributed by atoms with Crippen LogP contribution in [0.3, 0.4) is 0 Å². The van der Waals surface area contributed by atoms with Gasteiger partial charge < -0.3 is 4.98 Å². The van der Waals surface area contributed by atoms with Gasteiger partial charge in [-0.15, -0.1) is 0 Å². The number of hydrogen-bond donors (Lipinski definition) is 2. The minimum absolute atomic E-state index is 0.0744. The van der Waals surface area contributed by atoms with E-state index < -0.39 is 0 Å². The van der Waals surface area contributed by atoms with Crippen molar-refractivity contribution in [3.8, 4) is 11.4 Å². The smallest absolute Gasteiger partial charge is 0.195 e. The Hall–Kier alpha value is -1.69. The van der Waals surface area contributed by atoms with Gasteiger partial charge in [0, 0.05) is 24.5 Å². The predicted molar refractivity (Wildman–Crippen MR) is 63.9 cm³/mol. The highest BCUT2D eigenvalue weighted by molar-refractivity contribution is 7.71. The van der Waals surface area contributed by atoms with Gasteiger partial charge >= 0.3 is 0 Å². The quantitative estimate of drug-likeness (QED) is 0.782. The highest BCUT2D eigenvalue weighted by Gasteiger charge is 2.13. The van der Waals surface area contributed by atoms with E-state index in [2.05, 4.69) is 15.2 Å². The Morgan fingerprint density at radius 2 is 2.25 bits per heavy atom. The minimum Gasteiger partial charge on any atom is -0.367 e. The van der Waals surface area contributed by atoms with E-state index in [9.17, 15) is 4.79 Å². The third-order valence-electron chi connectivity index (χ3n) is 2.29. The monoisotopic (exact) mass is 236 g/mol. The first-order chi connectivity index (χ1) is 7.61. The van der Waals surface area contributed by atoms with Crippen LogP contribution in [0, 0.1) is 4.77 Å². The van der Waals surface area contributed by atoms with Crippen LogP contribution in [0.15, 0.2) is 23.3 Å². The molecule has 0 saturated heterocycles. The second-order valence-corrected chi connectivity index (χ2v) is 4.13. The number of aromatic nitrogens is 4. The van der Waals surface area contributed by atoms with Gasteiger partial charge in [-0.1, -0.05) is 0 Å². The zero-order chi connectivity index (χ0) is 11.7. The zero-order valence-corrected chi connectivity index (χ0v) is 9.84. The normalized spacial score (nSPS) is 10.9. The van der Waals surface area contributed by atoms with Crippen LogP contribution < -0.4 is 5.43 Å². The standard InChI is InChI=1S/C10H12N4OS/c1-6(2)14-9(12-13-10(14)16)7-5-11-4-3-8(7)15/h3-6H,1-2H3,(H,11,15)(H,13,16). The van der Waals surface area contributed by atoms with E-state index in [1.54, 1.807) is 12.4 Å². The van der Waals surface area contributed by atoms with Crippen LogP contribution in [0.1, 0.15) is 19.9 Å². The molecular formula is C10H12N4OS. The SMILES string of the molecule is CC(C)n1c(-c2c[nH]ccc2=O)n[nH]c1=S. The van der Waals surface area contributed by atoms with E-state index in [0.29, 0.717) is 16.2 Å². The lowest BCUT2D eigenvalue weighted by Crippen LogP contribution is -2.10. The highest BCUT2D eigenvalue weighted by Crippen LogP contribution is 2.16. The first-order valence-corrected chi connectivity index (χ1v) is 5.36. The van der Waals surface area contributed by atoms with Crippen LogP contribution in [0.5, 0.6) is 0 Å². The van der Waals surface area contributed by atoms with Gasteiger partial charge in [0.15, 0.2) is 16.0 Å². The third-order valence-corrected chi connectivity index (χ3v) is 2.57. The maximum absolute atomic E-state index is 11.7. The fourth-order valence-corrected chi connectivity index (χ4v) is 1.91. The van der Waals surface area contributed by atoms with Gasteiger partial charge in [0.05, 0.1) is 5.56 Å². The molecule has 2 N–H and O–H groups in total. The Morgan fingerprint density at radius 3 is 2.88 bits per heavy atom. The van der Waals surface area contributed by atoms with Crippen LogP contribution in [-0.4, -0.2) is 19.7 Å². The Kier molecular flexibility index (Phi) is 2.74. The lowest BCUT2D eigenvalue weighted by Gasteiger charge is -2.09. The molecule has 0 fully saturated rings. The molecule has 2 heterocycles. The number of pyridine rings is 1. The van der Waals surface area contributed by atoms with Crippen LogP contribution in [0.2, 0.25) is 0 Å². The van der Waals surface area contributed by atoms with Crippen molar-refractivity contribution in [1.82, 2.24) is 19.7 Å². The van der Waals surface area contributed by atoms with E-state index in [1.165, 1.54) is 6.07 Å². The largest absolute Gasteiger partial charge is 0.367 e. The molecule has 2 rings (SSSR count). The lowest BCUT2D eigenvalue weighted by molar-refractivity contribution is 0.596. The van der Waals surface area contributed by atoms with Gasteiger partial charge in [0.2, 0.25) is 0 Å². The van der Waals surface area contributed by atoms with Crippen LogP contribution >= 0.6 is 12.2 Å². The molecule has 0 saturated carbocycles. The Labute approximate surface area is 97.2 Å². The molecule has 0 radical (unpaired) electrons. The van der Waals surface area contributed by atoms with Crippen LogP contribution in [0.25, 0.3) is 11.4 Å². The molecule has 2 aromatic rings. The number of aromatic amines is 2. The van der Waals surface area contributed by atoms with E-state index in [1.807, 2.05) is 18.4 Å². The summed E-state index contributed by atoms with van der Waals surface area (Å²) in [6.07, 6.45) is 3.22. The second kappa shape index (κ2) is 4.05. The fraction of sp³-hybridized carbons (Fsp3) is 0.300. The number of nitrogens with one attached hydrogen (secondary N) is 2.